The number of hydrogen-bond acceptors (Lipinski definition) is 8. The number of nitrogens with one attached hydrogen (secondary N) is 1. The minimum Gasteiger partial charge on any atom is -0.504 e. The number of alkyl carbamates (subject to hydrolysis) is 1. The molecular formula is C30H38BrN3O7. The maximum Gasteiger partial charge on any atom is 0.407 e. The number of fused-ring (bicyclic) bond motifs is 7. The lowest BCUT2D eigenvalue weighted by molar-refractivity contribution is -0.156. The molecule has 0 aromatic heterocycles. The molecule has 2 aromatic carbocycles. The molecule has 0 radical (unpaired) electrons. The van der Waals surface area contributed by atoms with Crippen LogP contribution in [0.3, 0.4) is 0 Å². The molecule has 4 atom stereocenters. The first-order valence-electron chi connectivity index (χ1n) is 13.7. The second-order valence-corrected chi connectivity index (χ2v) is 12.9. The third-order valence-electron chi connectivity index (χ3n) is 8.53. The first-order chi connectivity index (χ1) is 19.2. The Bertz CT molecular complexity index is 1440. The van der Waals surface area contributed by atoms with Crippen molar-refractivity contribution in [2.45, 2.75) is 77.2 Å². The van der Waals surface area contributed by atoms with Gasteiger partial charge in [0.15, 0.2) is 23.0 Å². The number of benzene rings is 2. The smallest absolute Gasteiger partial charge is 0.407 e. The molecule has 5 rings (SSSR count). The number of ether oxygens (including phenoxy) is 3. The maximum absolute atomic E-state index is 14.3. The zero-order chi connectivity index (χ0) is 30.1. The van der Waals surface area contributed by atoms with Crippen LogP contribution in [0.4, 0.5) is 4.79 Å². The monoisotopic (exact) mass is 631 g/mol. The number of phenolic OH excluding ortho intramolecular Hbond substituents is 2. The topological polar surface area (TPSA) is 121 Å². The van der Waals surface area contributed by atoms with Crippen LogP contribution < -0.4 is 14.8 Å². The number of halogens is 1. The maximum atomic E-state index is 14.3. The number of rotatable bonds is 4. The number of hydrogen-bond donors (Lipinski definition) is 3. The highest BCUT2D eigenvalue weighted by Crippen LogP contribution is 2.55. The van der Waals surface area contributed by atoms with Gasteiger partial charge in [-0.05, 0) is 71.2 Å². The van der Waals surface area contributed by atoms with Gasteiger partial charge in [-0.1, -0.05) is 22.0 Å². The molecule has 3 N–H and O–H groups in total. The van der Waals surface area contributed by atoms with Crippen molar-refractivity contribution in [1.82, 2.24) is 15.1 Å². The van der Waals surface area contributed by atoms with E-state index >= 15 is 0 Å². The summed E-state index contributed by atoms with van der Waals surface area (Å²) in [7, 11) is 4.93. The number of likely N-dealkylation sites (N-methyl/N-ethyl adjacent to an activating group) is 1. The van der Waals surface area contributed by atoms with E-state index in [1.165, 1.54) is 14.2 Å². The van der Waals surface area contributed by atoms with Crippen LogP contribution in [-0.4, -0.2) is 77.5 Å². The molecule has 0 spiro atoms. The van der Waals surface area contributed by atoms with E-state index in [4.69, 9.17) is 14.2 Å². The number of nitrogens with zero attached hydrogens (tertiary/aromatic N) is 2. The minimum atomic E-state index is -0.702. The normalized spacial score (nSPS) is 23.3. The Hall–Kier alpha value is -3.18. The van der Waals surface area contributed by atoms with Crippen molar-refractivity contribution in [1.29, 1.82) is 0 Å². The van der Waals surface area contributed by atoms with Gasteiger partial charge in [0, 0.05) is 27.7 Å². The molecule has 3 aliphatic heterocycles. The van der Waals surface area contributed by atoms with Gasteiger partial charge in [-0.15, -0.1) is 0 Å². The Labute approximate surface area is 248 Å². The molecule has 2 bridgehead atoms. The molecule has 41 heavy (non-hydrogen) atoms. The summed E-state index contributed by atoms with van der Waals surface area (Å²) in [6.07, 6.45) is 0.191. The Morgan fingerprint density at radius 1 is 1.10 bits per heavy atom. The molecule has 2 aromatic rings. The van der Waals surface area contributed by atoms with Gasteiger partial charge >= 0.3 is 6.09 Å². The summed E-state index contributed by atoms with van der Waals surface area (Å²) in [6, 6.07) is -0.00630. The number of methoxy groups -OCH3 is 2. The van der Waals surface area contributed by atoms with Crippen LogP contribution in [0.5, 0.6) is 23.0 Å². The molecule has 11 heteroatoms. The highest BCUT2D eigenvalue weighted by Gasteiger charge is 2.55. The molecule has 0 saturated carbocycles. The number of carbonyl (C=O) groups is 2. The van der Waals surface area contributed by atoms with E-state index in [2.05, 4.69) is 21.2 Å². The largest absolute Gasteiger partial charge is 0.504 e. The zero-order valence-electron chi connectivity index (χ0n) is 24.7. The van der Waals surface area contributed by atoms with Crippen LogP contribution in [0.2, 0.25) is 0 Å². The molecule has 3 aliphatic rings. The Morgan fingerprint density at radius 3 is 2.34 bits per heavy atom. The van der Waals surface area contributed by atoms with Crippen LogP contribution in [-0.2, 0) is 22.4 Å². The average Bonchev–Trinajstić information content (AvgIpc) is 2.88. The van der Waals surface area contributed by atoms with Crippen molar-refractivity contribution in [3.8, 4) is 23.0 Å². The number of piperazine rings is 1. The molecular weight excluding hydrogens is 594 g/mol. The van der Waals surface area contributed by atoms with Gasteiger partial charge in [0.1, 0.15) is 5.60 Å². The summed E-state index contributed by atoms with van der Waals surface area (Å²) in [5, 5.41) is 25.8. The van der Waals surface area contributed by atoms with Gasteiger partial charge < -0.3 is 34.6 Å². The third-order valence-corrected chi connectivity index (χ3v) is 9.60. The van der Waals surface area contributed by atoms with Crippen LogP contribution in [0.25, 0.3) is 0 Å². The second-order valence-electron chi connectivity index (χ2n) is 12.1. The fraction of sp³-hybridized carbons (Fsp3) is 0.533. The van der Waals surface area contributed by atoms with E-state index in [1.54, 1.807) is 25.7 Å². The highest BCUT2D eigenvalue weighted by atomic mass is 79.9. The Morgan fingerprint density at radius 2 is 1.73 bits per heavy atom. The van der Waals surface area contributed by atoms with E-state index < -0.39 is 29.8 Å². The molecule has 1 saturated heterocycles. The predicted octanol–water partition coefficient (Wildman–Crippen LogP) is 4.42. The van der Waals surface area contributed by atoms with Gasteiger partial charge in [0.25, 0.3) is 0 Å². The lowest BCUT2D eigenvalue weighted by atomic mass is 9.74. The Balaban J connectivity index is 1.68. The van der Waals surface area contributed by atoms with Gasteiger partial charge in [0.2, 0.25) is 5.91 Å². The van der Waals surface area contributed by atoms with E-state index in [9.17, 15) is 19.8 Å². The summed E-state index contributed by atoms with van der Waals surface area (Å²) in [6.45, 7) is 9.09. The predicted molar refractivity (Wildman–Crippen MR) is 156 cm³/mol. The molecule has 0 aliphatic carbocycles. The summed E-state index contributed by atoms with van der Waals surface area (Å²) in [5.74, 6) is 0.634. The molecule has 3 heterocycles. The summed E-state index contributed by atoms with van der Waals surface area (Å²) < 4.78 is 17.4. The van der Waals surface area contributed by atoms with Crippen LogP contribution in [0.1, 0.15) is 66.2 Å². The quantitative estimate of drug-likeness (QED) is 0.453. The van der Waals surface area contributed by atoms with Gasteiger partial charge in [-0.2, -0.15) is 0 Å². The number of amides is 2. The van der Waals surface area contributed by atoms with E-state index in [1.807, 2.05) is 31.9 Å². The number of carbonyl (C=O) groups excluding carboxylic acids is 2. The zero-order valence-corrected chi connectivity index (χ0v) is 26.3. The van der Waals surface area contributed by atoms with Crippen LogP contribution in [0, 0.1) is 13.8 Å². The summed E-state index contributed by atoms with van der Waals surface area (Å²) in [4.78, 5) is 30.9. The first kappa shape index (κ1) is 29.3. The standard InChI is InChI=1S/C30H38BrN3O7/c1-13-9-15-10-17-23-21-16(22(31)14(2)27(40-8)25(21)36)11-18(33(23)6)28(37)34(17)19(20(15)24(35)26(13)39-7)12-32-29(38)41-30(3,4)5/h9,17-19,23,35-36H,10-12H2,1-8H3,(H,32,38)/t17-,18+,19-,23+/m0/s1. The lowest BCUT2D eigenvalue weighted by Gasteiger charge is -2.57. The van der Waals surface area contributed by atoms with Crippen molar-refractivity contribution < 1.29 is 34.0 Å². The van der Waals surface area contributed by atoms with Gasteiger partial charge in [-0.25, -0.2) is 4.79 Å². The number of aryl methyl sites for hydroxylation is 1. The van der Waals surface area contributed by atoms with Crippen molar-refractivity contribution in [2.75, 3.05) is 27.8 Å². The SMILES string of the molecule is COc1c(C)cc2c(c1O)[C@H](CNC(=O)OC(C)(C)C)N1C(=O)[C@H]3Cc4c(Br)c(C)c(OC)c(O)c4[C@@H]([C@@H]1C2)N3C. The molecule has 2 amide bonds. The second kappa shape index (κ2) is 10.3. The van der Waals surface area contributed by atoms with Crippen LogP contribution in [0.15, 0.2) is 10.5 Å². The van der Waals surface area contributed by atoms with E-state index in [0.29, 0.717) is 29.9 Å². The highest BCUT2D eigenvalue weighted by molar-refractivity contribution is 9.10. The fourth-order valence-corrected chi connectivity index (χ4v) is 7.48. The molecule has 10 nitrogen and oxygen atoms in total. The first-order valence-corrected chi connectivity index (χ1v) is 14.5. The van der Waals surface area contributed by atoms with Crippen molar-refractivity contribution in [2.24, 2.45) is 0 Å². The van der Waals surface area contributed by atoms with E-state index in [-0.39, 0.29) is 30.0 Å². The summed E-state index contributed by atoms with van der Waals surface area (Å²) in [5.41, 5.74) is 3.84. The third kappa shape index (κ3) is 4.57. The average molecular weight is 633 g/mol. The molecule has 0 unspecified atom stereocenters. The fourth-order valence-electron chi connectivity index (χ4n) is 6.92. The molecule has 222 valence electrons. The van der Waals surface area contributed by atoms with Gasteiger partial charge in [0.05, 0.1) is 38.4 Å². The Kier molecular flexibility index (Phi) is 7.34. The lowest BCUT2D eigenvalue weighted by Crippen LogP contribution is -2.67. The van der Waals surface area contributed by atoms with Gasteiger partial charge in [-0.3, -0.25) is 9.69 Å². The number of phenols is 2. The van der Waals surface area contributed by atoms with Crippen LogP contribution >= 0.6 is 15.9 Å². The van der Waals surface area contributed by atoms with E-state index in [0.717, 1.165) is 32.3 Å². The van der Waals surface area contributed by atoms with Crippen molar-refractivity contribution in [3.05, 3.63) is 43.9 Å². The molecule has 1 fully saturated rings. The van der Waals surface area contributed by atoms with Crippen molar-refractivity contribution >= 4 is 27.9 Å². The van der Waals surface area contributed by atoms with Crippen molar-refractivity contribution in [3.63, 3.8) is 0 Å². The number of aromatic hydroxyl groups is 2. The summed E-state index contributed by atoms with van der Waals surface area (Å²) >= 11 is 3.72. The minimum absolute atomic E-state index is 0.0207.